The van der Waals surface area contributed by atoms with Gasteiger partial charge in [0.05, 0.1) is 10.6 Å². The predicted molar refractivity (Wildman–Crippen MR) is 86.8 cm³/mol. The van der Waals surface area contributed by atoms with Crippen LogP contribution in [-0.2, 0) is 6.54 Å². The number of aromatic nitrogens is 1. The maximum Gasteiger partial charge on any atom is 0.258 e. The van der Waals surface area contributed by atoms with Crippen LogP contribution >= 0.6 is 11.6 Å². The second-order valence-electron chi connectivity index (χ2n) is 5.52. The van der Waals surface area contributed by atoms with Crippen LogP contribution in [0.2, 0.25) is 5.02 Å². The molecule has 0 aliphatic carbocycles. The average molecular weight is 334 g/mol. The van der Waals surface area contributed by atoms with Crippen LogP contribution in [0.1, 0.15) is 15.9 Å². The van der Waals surface area contributed by atoms with Crippen molar-refractivity contribution in [3.05, 3.63) is 64.7 Å². The molecule has 0 atom stereocenters. The Kier molecular flexibility index (Phi) is 4.88. The van der Waals surface area contributed by atoms with E-state index < -0.39 is 5.82 Å². The summed E-state index contributed by atoms with van der Waals surface area (Å²) < 4.78 is 13.9. The van der Waals surface area contributed by atoms with Gasteiger partial charge in [-0.05, 0) is 29.8 Å². The lowest BCUT2D eigenvalue weighted by molar-refractivity contribution is 0.0624. The van der Waals surface area contributed by atoms with Gasteiger partial charge >= 0.3 is 0 Å². The van der Waals surface area contributed by atoms with Gasteiger partial charge in [0, 0.05) is 45.1 Å². The Labute approximate surface area is 139 Å². The van der Waals surface area contributed by atoms with Gasteiger partial charge in [0.25, 0.3) is 5.91 Å². The van der Waals surface area contributed by atoms with Gasteiger partial charge in [0.2, 0.25) is 0 Å². The second kappa shape index (κ2) is 7.06. The molecule has 4 nitrogen and oxygen atoms in total. The van der Waals surface area contributed by atoms with E-state index in [1.807, 2.05) is 12.1 Å². The first kappa shape index (κ1) is 15.9. The molecule has 120 valence electrons. The number of pyridine rings is 1. The van der Waals surface area contributed by atoms with Crippen molar-refractivity contribution in [1.82, 2.24) is 14.8 Å². The number of hydrogen-bond acceptors (Lipinski definition) is 3. The zero-order valence-corrected chi connectivity index (χ0v) is 13.3. The molecule has 1 fully saturated rings. The molecule has 23 heavy (non-hydrogen) atoms. The maximum atomic E-state index is 13.9. The third kappa shape index (κ3) is 3.68. The van der Waals surface area contributed by atoms with Crippen molar-refractivity contribution in [3.8, 4) is 0 Å². The third-order valence-electron chi connectivity index (χ3n) is 3.99. The Morgan fingerprint density at radius 1 is 1.13 bits per heavy atom. The molecule has 2 aromatic rings. The standard InChI is InChI=1S/C17H17ClFN3O/c18-14-2-1-3-15(19)16(14)17(23)22-10-8-21(9-11-22)12-13-4-6-20-7-5-13/h1-7H,8-12H2. The normalized spacial score (nSPS) is 15.7. The summed E-state index contributed by atoms with van der Waals surface area (Å²) in [5.74, 6) is -0.904. The fourth-order valence-corrected chi connectivity index (χ4v) is 2.96. The number of hydrogen-bond donors (Lipinski definition) is 0. The topological polar surface area (TPSA) is 36.4 Å². The minimum absolute atomic E-state index is 0.0308. The average Bonchev–Trinajstić information content (AvgIpc) is 2.56. The van der Waals surface area contributed by atoms with E-state index in [-0.39, 0.29) is 16.5 Å². The van der Waals surface area contributed by atoms with E-state index in [0.29, 0.717) is 13.1 Å². The molecule has 0 unspecified atom stereocenters. The molecule has 0 spiro atoms. The zero-order chi connectivity index (χ0) is 16.2. The fraction of sp³-hybridized carbons (Fsp3) is 0.294. The third-order valence-corrected chi connectivity index (χ3v) is 4.31. The molecule has 1 aliphatic heterocycles. The number of piperazine rings is 1. The molecule has 1 saturated heterocycles. The Morgan fingerprint density at radius 2 is 1.83 bits per heavy atom. The van der Waals surface area contributed by atoms with Crippen LogP contribution in [0.3, 0.4) is 0 Å². The molecule has 1 aromatic heterocycles. The van der Waals surface area contributed by atoms with E-state index in [9.17, 15) is 9.18 Å². The second-order valence-corrected chi connectivity index (χ2v) is 5.93. The summed E-state index contributed by atoms with van der Waals surface area (Å²) in [6, 6.07) is 8.27. The molecule has 0 bridgehead atoms. The summed E-state index contributed by atoms with van der Waals surface area (Å²) in [6.45, 7) is 3.45. The molecule has 1 amide bonds. The first-order valence-electron chi connectivity index (χ1n) is 7.49. The molecule has 0 radical (unpaired) electrons. The summed E-state index contributed by atoms with van der Waals surface area (Å²) in [7, 11) is 0. The number of rotatable bonds is 3. The lowest BCUT2D eigenvalue weighted by Gasteiger charge is -2.35. The molecular formula is C17H17ClFN3O. The summed E-state index contributed by atoms with van der Waals surface area (Å²) in [5.41, 5.74) is 1.16. The fourth-order valence-electron chi connectivity index (χ4n) is 2.72. The Bertz CT molecular complexity index is 667. The van der Waals surface area contributed by atoms with Gasteiger partial charge in [-0.1, -0.05) is 17.7 Å². The molecule has 6 heteroatoms. The van der Waals surface area contributed by atoms with E-state index in [2.05, 4.69) is 9.88 Å². The van der Waals surface area contributed by atoms with Crippen LogP contribution in [0.4, 0.5) is 4.39 Å². The lowest BCUT2D eigenvalue weighted by Crippen LogP contribution is -2.48. The van der Waals surface area contributed by atoms with Crippen molar-refractivity contribution in [3.63, 3.8) is 0 Å². The lowest BCUT2D eigenvalue weighted by atomic mass is 10.1. The van der Waals surface area contributed by atoms with Crippen molar-refractivity contribution in [2.24, 2.45) is 0 Å². The molecule has 1 aliphatic rings. The summed E-state index contributed by atoms with van der Waals surface area (Å²) in [6.07, 6.45) is 3.55. The summed E-state index contributed by atoms with van der Waals surface area (Å²) in [4.78, 5) is 20.4. The first-order valence-corrected chi connectivity index (χ1v) is 7.87. The van der Waals surface area contributed by atoms with Crippen LogP contribution < -0.4 is 0 Å². The highest BCUT2D eigenvalue weighted by atomic mass is 35.5. The van der Waals surface area contributed by atoms with E-state index >= 15 is 0 Å². The van der Waals surface area contributed by atoms with Crippen LogP contribution in [0.5, 0.6) is 0 Å². The highest BCUT2D eigenvalue weighted by Crippen LogP contribution is 2.21. The van der Waals surface area contributed by atoms with Crippen LogP contribution in [0.15, 0.2) is 42.7 Å². The van der Waals surface area contributed by atoms with E-state index in [1.54, 1.807) is 17.3 Å². The van der Waals surface area contributed by atoms with E-state index in [4.69, 9.17) is 11.6 Å². The van der Waals surface area contributed by atoms with Crippen molar-refractivity contribution in [2.45, 2.75) is 6.54 Å². The Balaban J connectivity index is 1.62. The van der Waals surface area contributed by atoms with Gasteiger partial charge in [-0.15, -0.1) is 0 Å². The number of amides is 1. The molecule has 3 rings (SSSR count). The molecular weight excluding hydrogens is 317 g/mol. The highest BCUT2D eigenvalue weighted by molar-refractivity contribution is 6.33. The van der Waals surface area contributed by atoms with Gasteiger partial charge in [0.1, 0.15) is 5.82 Å². The van der Waals surface area contributed by atoms with Crippen molar-refractivity contribution in [1.29, 1.82) is 0 Å². The number of carbonyl (C=O) groups is 1. The summed E-state index contributed by atoms with van der Waals surface area (Å²) >= 11 is 5.98. The van der Waals surface area contributed by atoms with Crippen LogP contribution in [-0.4, -0.2) is 46.9 Å². The first-order chi connectivity index (χ1) is 11.1. The van der Waals surface area contributed by atoms with E-state index in [1.165, 1.54) is 23.8 Å². The minimum Gasteiger partial charge on any atom is -0.336 e. The van der Waals surface area contributed by atoms with Gasteiger partial charge in [0.15, 0.2) is 0 Å². The number of benzene rings is 1. The van der Waals surface area contributed by atoms with Crippen LogP contribution in [0, 0.1) is 5.82 Å². The zero-order valence-electron chi connectivity index (χ0n) is 12.6. The molecule has 0 saturated carbocycles. The maximum absolute atomic E-state index is 13.9. The number of nitrogens with zero attached hydrogens (tertiary/aromatic N) is 3. The van der Waals surface area contributed by atoms with Crippen molar-refractivity contribution >= 4 is 17.5 Å². The Hall–Kier alpha value is -1.98. The highest BCUT2D eigenvalue weighted by Gasteiger charge is 2.25. The number of halogens is 2. The molecule has 2 heterocycles. The van der Waals surface area contributed by atoms with Crippen molar-refractivity contribution < 1.29 is 9.18 Å². The smallest absolute Gasteiger partial charge is 0.258 e. The van der Waals surface area contributed by atoms with Gasteiger partial charge < -0.3 is 4.90 Å². The largest absolute Gasteiger partial charge is 0.336 e. The quantitative estimate of drug-likeness (QED) is 0.866. The van der Waals surface area contributed by atoms with E-state index in [0.717, 1.165) is 19.6 Å². The number of carbonyl (C=O) groups excluding carboxylic acids is 1. The Morgan fingerprint density at radius 3 is 2.48 bits per heavy atom. The summed E-state index contributed by atoms with van der Waals surface area (Å²) in [5, 5.41) is 0.161. The molecule has 1 aromatic carbocycles. The van der Waals surface area contributed by atoms with Gasteiger partial charge in [-0.2, -0.15) is 0 Å². The molecule has 0 N–H and O–H groups in total. The minimum atomic E-state index is -0.568. The SMILES string of the molecule is O=C(c1c(F)cccc1Cl)N1CCN(Cc2ccncc2)CC1. The van der Waals surface area contributed by atoms with Crippen LogP contribution in [0.25, 0.3) is 0 Å². The van der Waals surface area contributed by atoms with Crippen molar-refractivity contribution in [2.75, 3.05) is 26.2 Å². The monoisotopic (exact) mass is 333 g/mol. The predicted octanol–water partition coefficient (Wildman–Crippen LogP) is 2.83. The van der Waals surface area contributed by atoms with Gasteiger partial charge in [-0.25, -0.2) is 4.39 Å². The van der Waals surface area contributed by atoms with Gasteiger partial charge in [-0.3, -0.25) is 14.7 Å².